The van der Waals surface area contributed by atoms with Crippen molar-refractivity contribution in [2.75, 3.05) is 12.4 Å². The molecule has 0 aliphatic rings. The van der Waals surface area contributed by atoms with E-state index < -0.39 is 18.3 Å². The van der Waals surface area contributed by atoms with Crippen molar-refractivity contribution in [3.63, 3.8) is 0 Å². The summed E-state index contributed by atoms with van der Waals surface area (Å²) in [4.78, 5) is 0. The Balaban J connectivity index is 5.01. The van der Waals surface area contributed by atoms with Crippen LogP contribution >= 0.6 is 0 Å². The van der Waals surface area contributed by atoms with Crippen molar-refractivity contribution >= 4 is 24.4 Å². The van der Waals surface area contributed by atoms with E-state index in [1.54, 1.807) is 0 Å². The first-order valence-electron chi connectivity index (χ1n) is 6.99. The zero-order chi connectivity index (χ0) is 16.0. The molecule has 0 atom stereocenters. The number of unbranched alkanes of at least 4 members (excludes halogenated alkanes) is 1. The lowest BCUT2D eigenvalue weighted by molar-refractivity contribution is 0.152. The highest BCUT2D eigenvalue weighted by Gasteiger charge is 2.24. The minimum atomic E-state index is -3.52. The first-order valence-corrected chi connectivity index (χ1v) is 12.0. The topological polar surface area (TPSA) is 65.0 Å². The van der Waals surface area contributed by atoms with Crippen molar-refractivity contribution in [3.05, 3.63) is 0 Å². The second-order valence-electron chi connectivity index (χ2n) is 7.06. The van der Waals surface area contributed by atoms with E-state index in [9.17, 15) is 8.42 Å². The summed E-state index contributed by atoms with van der Waals surface area (Å²) in [5, 5.41) is 0. The van der Waals surface area contributed by atoms with Crippen molar-refractivity contribution in [3.8, 4) is 0 Å². The number of nitrogens with zero attached hydrogens (tertiary/aromatic N) is 1. The van der Waals surface area contributed by atoms with Gasteiger partial charge in [-0.2, -0.15) is 0 Å². The summed E-state index contributed by atoms with van der Waals surface area (Å²) >= 11 is 0. The van der Waals surface area contributed by atoms with Crippen LogP contribution in [0.3, 0.4) is 0 Å². The van der Waals surface area contributed by atoms with E-state index >= 15 is 0 Å². The molecule has 0 N–H and O–H groups in total. The molecule has 7 heteroatoms. The van der Waals surface area contributed by atoms with Crippen LogP contribution in [0, 0.1) is 5.41 Å². The standard InChI is InChI=1S/C13H29NO4SSi/c1-8-9-10-19(15,16)14-12(18-20(5,6)7)17-11-13(2,3)4/h8-11H2,1-7H3/b14-12-. The van der Waals surface area contributed by atoms with Crippen molar-refractivity contribution in [1.82, 2.24) is 0 Å². The van der Waals surface area contributed by atoms with Crippen molar-refractivity contribution in [2.24, 2.45) is 9.81 Å². The molecule has 0 spiro atoms. The van der Waals surface area contributed by atoms with E-state index in [2.05, 4.69) is 4.40 Å². The molecule has 0 aliphatic carbocycles. The second-order valence-corrected chi connectivity index (χ2v) is 13.2. The number of rotatable bonds is 6. The Kier molecular flexibility index (Phi) is 7.24. The SMILES string of the molecule is CCCCS(=O)(=O)/N=C(/OCC(C)(C)C)O[Si](C)(C)C. The van der Waals surface area contributed by atoms with Gasteiger partial charge in [0.15, 0.2) is 0 Å². The molecule has 0 bridgehead atoms. The highest BCUT2D eigenvalue weighted by molar-refractivity contribution is 7.90. The average molecular weight is 324 g/mol. The fourth-order valence-corrected chi connectivity index (χ4v) is 2.86. The Hall–Kier alpha value is -0.563. The van der Waals surface area contributed by atoms with E-state index in [1.807, 2.05) is 47.3 Å². The quantitative estimate of drug-likeness (QED) is 0.427. The summed E-state index contributed by atoms with van der Waals surface area (Å²) in [6.45, 7) is 14.2. The Morgan fingerprint density at radius 1 is 1.20 bits per heavy atom. The molecule has 0 aromatic heterocycles. The van der Waals surface area contributed by atoms with Crippen LogP contribution in [-0.4, -0.2) is 35.2 Å². The minimum absolute atomic E-state index is 0.0287. The predicted molar refractivity (Wildman–Crippen MR) is 86.0 cm³/mol. The fraction of sp³-hybridized carbons (Fsp3) is 0.923. The van der Waals surface area contributed by atoms with Crippen LogP contribution in [0.15, 0.2) is 4.40 Å². The van der Waals surface area contributed by atoms with Crippen LogP contribution in [-0.2, 0) is 19.2 Å². The van der Waals surface area contributed by atoms with Gasteiger partial charge in [-0.25, -0.2) is 8.42 Å². The Morgan fingerprint density at radius 2 is 1.75 bits per heavy atom. The molecular formula is C13H29NO4SSi. The Labute approximate surface area is 125 Å². The highest BCUT2D eigenvalue weighted by atomic mass is 32.2. The molecule has 20 heavy (non-hydrogen) atoms. The first kappa shape index (κ1) is 19.4. The van der Waals surface area contributed by atoms with E-state index in [0.717, 1.165) is 6.42 Å². The third kappa shape index (κ3) is 11.3. The van der Waals surface area contributed by atoms with Gasteiger partial charge in [0.25, 0.3) is 10.0 Å². The van der Waals surface area contributed by atoms with Crippen LogP contribution in [0.2, 0.25) is 19.6 Å². The fourth-order valence-electron chi connectivity index (χ4n) is 1.10. The van der Waals surface area contributed by atoms with E-state index in [0.29, 0.717) is 13.0 Å². The smallest absolute Gasteiger partial charge is 0.385 e. The zero-order valence-electron chi connectivity index (χ0n) is 13.8. The lowest BCUT2D eigenvalue weighted by Gasteiger charge is -2.23. The highest BCUT2D eigenvalue weighted by Crippen LogP contribution is 2.15. The zero-order valence-corrected chi connectivity index (χ0v) is 15.6. The summed E-state index contributed by atoms with van der Waals surface area (Å²) in [6, 6.07) is 0. The lowest BCUT2D eigenvalue weighted by Crippen LogP contribution is -2.32. The van der Waals surface area contributed by atoms with Crippen molar-refractivity contribution in [1.29, 1.82) is 0 Å². The Morgan fingerprint density at radius 3 is 2.15 bits per heavy atom. The van der Waals surface area contributed by atoms with Crippen LogP contribution in [0.5, 0.6) is 0 Å². The van der Waals surface area contributed by atoms with Gasteiger partial charge >= 0.3 is 6.08 Å². The molecule has 0 aromatic rings. The van der Waals surface area contributed by atoms with Crippen LogP contribution in [0.1, 0.15) is 40.5 Å². The largest absolute Gasteiger partial charge is 0.505 e. The number of sulfonamides is 1. The van der Waals surface area contributed by atoms with Crippen LogP contribution in [0.25, 0.3) is 0 Å². The van der Waals surface area contributed by atoms with Crippen molar-refractivity contribution in [2.45, 2.75) is 60.2 Å². The van der Waals surface area contributed by atoms with Crippen molar-refractivity contribution < 1.29 is 17.6 Å². The van der Waals surface area contributed by atoms with E-state index in [4.69, 9.17) is 9.16 Å². The van der Waals surface area contributed by atoms with Crippen LogP contribution < -0.4 is 0 Å². The molecule has 0 heterocycles. The maximum absolute atomic E-state index is 11.9. The molecule has 0 unspecified atom stereocenters. The third-order valence-electron chi connectivity index (χ3n) is 1.99. The number of hydrogen-bond acceptors (Lipinski definition) is 4. The third-order valence-corrected chi connectivity index (χ3v) is 4.01. The number of hydrogen-bond donors (Lipinski definition) is 0. The molecule has 0 aliphatic heterocycles. The minimum Gasteiger partial charge on any atom is -0.505 e. The summed E-state index contributed by atoms with van der Waals surface area (Å²) in [5.41, 5.74) is -0.0866. The molecular weight excluding hydrogens is 294 g/mol. The van der Waals surface area contributed by atoms with Crippen LogP contribution in [0.4, 0.5) is 0 Å². The lowest BCUT2D eigenvalue weighted by atomic mass is 9.99. The summed E-state index contributed by atoms with van der Waals surface area (Å²) in [5.74, 6) is 0.0287. The summed E-state index contributed by atoms with van der Waals surface area (Å²) < 4.78 is 38.6. The van der Waals surface area contributed by atoms with Gasteiger partial charge in [-0.15, -0.1) is 0 Å². The molecule has 0 radical (unpaired) electrons. The molecule has 0 fully saturated rings. The van der Waals surface area contributed by atoms with Gasteiger partial charge in [0.1, 0.15) is 0 Å². The maximum atomic E-state index is 11.9. The molecule has 5 nitrogen and oxygen atoms in total. The summed E-state index contributed by atoms with van der Waals surface area (Å²) in [6.07, 6.45) is 1.29. The van der Waals surface area contributed by atoms with Gasteiger partial charge in [-0.05, 0) is 31.5 Å². The van der Waals surface area contributed by atoms with Gasteiger partial charge in [0, 0.05) is 0 Å². The van der Waals surface area contributed by atoms with Gasteiger partial charge in [-0.1, -0.05) is 38.5 Å². The molecule has 0 amide bonds. The van der Waals surface area contributed by atoms with E-state index in [1.165, 1.54) is 0 Å². The molecule has 0 aromatic carbocycles. The average Bonchev–Trinajstić information content (AvgIpc) is 2.19. The van der Waals surface area contributed by atoms with Gasteiger partial charge in [0.05, 0.1) is 12.4 Å². The first-order chi connectivity index (χ1) is 8.85. The maximum Gasteiger partial charge on any atom is 0.385 e. The number of ether oxygens (including phenoxy) is 1. The Bertz CT molecular complexity index is 419. The second kappa shape index (κ2) is 7.45. The monoisotopic (exact) mass is 323 g/mol. The predicted octanol–water partition coefficient (Wildman–Crippen LogP) is 3.39. The molecule has 0 saturated carbocycles. The van der Waals surface area contributed by atoms with Gasteiger partial charge in [0.2, 0.25) is 8.32 Å². The normalized spacial score (nSPS) is 14.2. The molecule has 0 rings (SSSR count). The van der Waals surface area contributed by atoms with Gasteiger partial charge < -0.3 is 9.16 Å². The summed E-state index contributed by atoms with van der Waals surface area (Å²) in [7, 11) is -5.49. The molecule has 120 valence electrons. The van der Waals surface area contributed by atoms with E-state index in [-0.39, 0.29) is 17.3 Å². The molecule has 0 saturated heterocycles. The van der Waals surface area contributed by atoms with Gasteiger partial charge in [-0.3, -0.25) is 0 Å².